The average molecular weight is 224 g/mol. The van der Waals surface area contributed by atoms with Gasteiger partial charge in [0.05, 0.1) is 12.6 Å². The Morgan fingerprint density at radius 3 is 2.71 bits per heavy atom. The number of pyridine rings is 1. The summed E-state index contributed by atoms with van der Waals surface area (Å²) >= 11 is 0. The van der Waals surface area contributed by atoms with Gasteiger partial charge in [-0.25, -0.2) is 0 Å². The molecular formula is C14H12N2O. The fraction of sp³-hybridized carbons (Fsp3) is 0.0714. The Balaban J connectivity index is 2.40. The van der Waals surface area contributed by atoms with Gasteiger partial charge in [0, 0.05) is 22.7 Å². The van der Waals surface area contributed by atoms with Crippen LogP contribution in [-0.4, -0.2) is 12.1 Å². The molecule has 0 spiro atoms. The first-order valence-electron chi connectivity index (χ1n) is 5.40. The molecule has 17 heavy (non-hydrogen) atoms. The first-order chi connectivity index (χ1) is 8.28. The Morgan fingerprint density at radius 1 is 1.06 bits per heavy atom. The van der Waals surface area contributed by atoms with Crippen molar-refractivity contribution >= 4 is 27.4 Å². The number of nitrogen functional groups attached to an aromatic ring is 1. The highest BCUT2D eigenvalue weighted by Gasteiger charge is 2.03. The zero-order valence-corrected chi connectivity index (χ0v) is 9.47. The van der Waals surface area contributed by atoms with E-state index in [4.69, 9.17) is 10.5 Å². The molecule has 0 aliphatic carbocycles. The predicted octanol–water partition coefficient (Wildman–Crippen LogP) is 2.98. The Bertz CT molecular complexity index is 707. The van der Waals surface area contributed by atoms with Gasteiger partial charge in [-0.3, -0.25) is 4.98 Å². The molecule has 0 saturated heterocycles. The van der Waals surface area contributed by atoms with Crippen molar-refractivity contribution in [1.29, 1.82) is 0 Å². The number of anilines is 1. The van der Waals surface area contributed by atoms with E-state index in [2.05, 4.69) is 4.98 Å². The Kier molecular flexibility index (Phi) is 2.11. The number of ether oxygens (including phenoxy) is 1. The fourth-order valence-electron chi connectivity index (χ4n) is 2.04. The Labute approximate surface area is 98.8 Å². The molecule has 0 fully saturated rings. The fourth-order valence-corrected chi connectivity index (χ4v) is 2.04. The molecule has 1 heterocycles. The van der Waals surface area contributed by atoms with Gasteiger partial charge in [-0.2, -0.15) is 0 Å². The van der Waals surface area contributed by atoms with Gasteiger partial charge < -0.3 is 10.5 Å². The van der Waals surface area contributed by atoms with E-state index >= 15 is 0 Å². The van der Waals surface area contributed by atoms with Crippen LogP contribution in [-0.2, 0) is 0 Å². The van der Waals surface area contributed by atoms with Crippen molar-refractivity contribution in [2.45, 2.75) is 0 Å². The second-order valence-corrected chi connectivity index (χ2v) is 3.99. The first kappa shape index (κ1) is 9.90. The van der Waals surface area contributed by atoms with Crippen LogP contribution >= 0.6 is 0 Å². The zero-order valence-electron chi connectivity index (χ0n) is 9.47. The van der Waals surface area contributed by atoms with Gasteiger partial charge in [0.1, 0.15) is 5.75 Å². The molecule has 3 nitrogen and oxygen atoms in total. The molecule has 2 aromatic carbocycles. The summed E-state index contributed by atoms with van der Waals surface area (Å²) in [6.45, 7) is 0. The minimum absolute atomic E-state index is 0.734. The maximum Gasteiger partial charge on any atom is 0.119 e. The number of fused-ring (bicyclic) bond motifs is 3. The number of methoxy groups -OCH3 is 1. The number of benzene rings is 2. The SMILES string of the molecule is COc1ccc2c(cnc3cc(N)ccc32)c1. The average Bonchev–Trinajstić information content (AvgIpc) is 2.37. The predicted molar refractivity (Wildman–Crippen MR) is 70.2 cm³/mol. The summed E-state index contributed by atoms with van der Waals surface area (Å²) in [5.74, 6) is 0.842. The molecule has 0 aliphatic heterocycles. The molecule has 3 aromatic rings. The molecule has 2 N–H and O–H groups in total. The van der Waals surface area contributed by atoms with Crippen molar-refractivity contribution in [3.8, 4) is 5.75 Å². The molecule has 0 unspecified atom stereocenters. The highest BCUT2D eigenvalue weighted by molar-refractivity contribution is 6.06. The van der Waals surface area contributed by atoms with E-state index in [1.807, 2.05) is 42.6 Å². The molecule has 0 bridgehead atoms. The maximum absolute atomic E-state index is 5.75. The van der Waals surface area contributed by atoms with Crippen molar-refractivity contribution in [1.82, 2.24) is 4.98 Å². The maximum atomic E-state index is 5.75. The third-order valence-corrected chi connectivity index (χ3v) is 2.91. The Morgan fingerprint density at radius 2 is 1.88 bits per heavy atom. The molecule has 3 rings (SSSR count). The zero-order chi connectivity index (χ0) is 11.8. The summed E-state index contributed by atoms with van der Waals surface area (Å²) in [6.07, 6.45) is 1.85. The lowest BCUT2D eigenvalue weighted by Crippen LogP contribution is -1.88. The first-order valence-corrected chi connectivity index (χ1v) is 5.40. The Hall–Kier alpha value is -2.29. The standard InChI is InChI=1S/C14H12N2O/c1-17-11-3-5-12-9(6-11)8-16-14-7-10(15)2-4-13(12)14/h2-8H,15H2,1H3. The lowest BCUT2D eigenvalue weighted by atomic mass is 10.1. The van der Waals surface area contributed by atoms with E-state index in [1.54, 1.807) is 7.11 Å². The van der Waals surface area contributed by atoms with E-state index < -0.39 is 0 Å². The molecule has 3 heteroatoms. The van der Waals surface area contributed by atoms with Crippen LogP contribution in [0.25, 0.3) is 21.7 Å². The molecule has 0 aliphatic rings. The van der Waals surface area contributed by atoms with Gasteiger partial charge in [-0.15, -0.1) is 0 Å². The summed E-state index contributed by atoms with van der Waals surface area (Å²) in [7, 11) is 1.66. The number of aromatic nitrogens is 1. The van der Waals surface area contributed by atoms with E-state index in [-0.39, 0.29) is 0 Å². The summed E-state index contributed by atoms with van der Waals surface area (Å²) in [5.41, 5.74) is 7.41. The lowest BCUT2D eigenvalue weighted by Gasteiger charge is -2.06. The molecule has 0 saturated carbocycles. The van der Waals surface area contributed by atoms with E-state index in [1.165, 1.54) is 0 Å². The molecular weight excluding hydrogens is 212 g/mol. The van der Waals surface area contributed by atoms with E-state index in [0.29, 0.717) is 0 Å². The van der Waals surface area contributed by atoms with Crippen LogP contribution in [0, 0.1) is 0 Å². The summed E-state index contributed by atoms with van der Waals surface area (Å²) in [5, 5.41) is 3.34. The van der Waals surface area contributed by atoms with Crippen LogP contribution in [0.5, 0.6) is 5.75 Å². The molecule has 1 aromatic heterocycles. The summed E-state index contributed by atoms with van der Waals surface area (Å²) in [6, 6.07) is 11.8. The highest BCUT2D eigenvalue weighted by atomic mass is 16.5. The number of nitrogens with zero attached hydrogens (tertiary/aromatic N) is 1. The third kappa shape index (κ3) is 1.56. The van der Waals surface area contributed by atoms with Gasteiger partial charge in [0.15, 0.2) is 0 Å². The van der Waals surface area contributed by atoms with Crippen molar-refractivity contribution < 1.29 is 4.74 Å². The number of hydrogen-bond donors (Lipinski definition) is 1. The van der Waals surface area contributed by atoms with Gasteiger partial charge in [-0.05, 0) is 35.7 Å². The smallest absolute Gasteiger partial charge is 0.119 e. The topological polar surface area (TPSA) is 48.1 Å². The van der Waals surface area contributed by atoms with Crippen LogP contribution in [0.3, 0.4) is 0 Å². The van der Waals surface area contributed by atoms with Crippen molar-refractivity contribution in [2.24, 2.45) is 0 Å². The van der Waals surface area contributed by atoms with Crippen LogP contribution in [0.1, 0.15) is 0 Å². The van der Waals surface area contributed by atoms with Crippen LogP contribution in [0.4, 0.5) is 5.69 Å². The van der Waals surface area contributed by atoms with Gasteiger partial charge >= 0.3 is 0 Å². The number of nitrogens with two attached hydrogens (primary N) is 1. The number of hydrogen-bond acceptors (Lipinski definition) is 3. The van der Waals surface area contributed by atoms with Crippen LogP contribution < -0.4 is 10.5 Å². The highest BCUT2D eigenvalue weighted by Crippen LogP contribution is 2.27. The van der Waals surface area contributed by atoms with Crippen molar-refractivity contribution in [2.75, 3.05) is 12.8 Å². The minimum atomic E-state index is 0.734. The van der Waals surface area contributed by atoms with Crippen molar-refractivity contribution in [3.63, 3.8) is 0 Å². The van der Waals surface area contributed by atoms with Crippen molar-refractivity contribution in [3.05, 3.63) is 42.6 Å². The molecule has 0 amide bonds. The van der Waals surface area contributed by atoms with Crippen LogP contribution in [0.15, 0.2) is 42.6 Å². The van der Waals surface area contributed by atoms with E-state index in [0.717, 1.165) is 33.1 Å². The summed E-state index contributed by atoms with van der Waals surface area (Å²) < 4.78 is 5.21. The number of rotatable bonds is 1. The van der Waals surface area contributed by atoms with Gasteiger partial charge in [-0.1, -0.05) is 6.07 Å². The van der Waals surface area contributed by atoms with E-state index in [9.17, 15) is 0 Å². The van der Waals surface area contributed by atoms with Crippen LogP contribution in [0.2, 0.25) is 0 Å². The second-order valence-electron chi connectivity index (χ2n) is 3.99. The van der Waals surface area contributed by atoms with Gasteiger partial charge in [0.25, 0.3) is 0 Å². The van der Waals surface area contributed by atoms with Gasteiger partial charge in [0.2, 0.25) is 0 Å². The molecule has 0 atom stereocenters. The molecule has 0 radical (unpaired) electrons. The largest absolute Gasteiger partial charge is 0.497 e. The molecule has 84 valence electrons. The normalized spacial score (nSPS) is 10.9. The monoisotopic (exact) mass is 224 g/mol. The third-order valence-electron chi connectivity index (χ3n) is 2.91. The lowest BCUT2D eigenvalue weighted by molar-refractivity contribution is 0.415. The minimum Gasteiger partial charge on any atom is -0.497 e. The summed E-state index contributed by atoms with van der Waals surface area (Å²) in [4.78, 5) is 4.41. The second kappa shape index (κ2) is 3.63. The quantitative estimate of drug-likeness (QED) is 0.510.